The molecule has 5 heteroatoms. The van der Waals surface area contributed by atoms with Gasteiger partial charge in [-0.05, 0) is 6.42 Å². The number of aliphatic imine (C=N–C) groups is 1. The Labute approximate surface area is 88.1 Å². The molecule has 0 heterocycles. The minimum atomic E-state index is -1.55. The maximum absolute atomic E-state index is 5.47. The van der Waals surface area contributed by atoms with Crippen LogP contribution in [0.2, 0.25) is 0 Å². The number of hydrogen-bond acceptors (Lipinski definition) is 1. The molecule has 0 radical (unpaired) electrons. The Morgan fingerprint density at radius 2 is 1.92 bits per heavy atom. The molecule has 0 spiro atoms. The molecular weight excluding hydrogens is 218 g/mol. The van der Waals surface area contributed by atoms with E-state index in [4.69, 9.17) is 40.5 Å². The molecule has 0 aromatic rings. The lowest BCUT2D eigenvalue weighted by atomic mass is 10.2. The zero-order chi connectivity index (χ0) is 9.61. The molecule has 0 aliphatic rings. The monoisotopic (exact) mass is 230 g/mol. The van der Waals surface area contributed by atoms with E-state index < -0.39 is 3.79 Å². The van der Waals surface area contributed by atoms with Crippen LogP contribution >= 0.6 is 34.8 Å². The van der Waals surface area contributed by atoms with Crippen molar-refractivity contribution in [2.45, 2.75) is 30.0 Å². The maximum atomic E-state index is 5.47. The fourth-order valence-corrected chi connectivity index (χ4v) is 0.830. The van der Waals surface area contributed by atoms with E-state index in [-0.39, 0.29) is 5.84 Å². The third kappa shape index (κ3) is 5.92. The second-order valence-corrected chi connectivity index (χ2v) is 4.75. The van der Waals surface area contributed by atoms with Gasteiger partial charge in [-0.2, -0.15) is 0 Å². The van der Waals surface area contributed by atoms with Crippen molar-refractivity contribution in [3.05, 3.63) is 0 Å². The van der Waals surface area contributed by atoms with Crippen molar-refractivity contribution in [1.82, 2.24) is 0 Å². The number of amidine groups is 1. The quantitative estimate of drug-likeness (QED) is 0.344. The number of halogens is 3. The summed E-state index contributed by atoms with van der Waals surface area (Å²) in [4.78, 5) is 3.93. The average Bonchev–Trinajstić information content (AvgIpc) is 1.96. The Balaban J connectivity index is 3.70. The van der Waals surface area contributed by atoms with Crippen LogP contribution in [0.4, 0.5) is 0 Å². The number of unbranched alkanes of at least 4 members (excludes halogenated alkanes) is 2. The number of rotatable bonds is 4. The van der Waals surface area contributed by atoms with Gasteiger partial charge in [-0.1, -0.05) is 54.6 Å². The summed E-state index contributed by atoms with van der Waals surface area (Å²) in [6.07, 6.45) is 3.25. The Bertz CT molecular complexity index is 151. The van der Waals surface area contributed by atoms with E-state index in [1.165, 1.54) is 0 Å². The van der Waals surface area contributed by atoms with Gasteiger partial charge in [-0.3, -0.25) is 4.99 Å². The van der Waals surface area contributed by atoms with Crippen molar-refractivity contribution in [1.29, 1.82) is 0 Å². The third-order valence-corrected chi connectivity index (χ3v) is 1.92. The van der Waals surface area contributed by atoms with Gasteiger partial charge in [-0.15, -0.1) is 0 Å². The van der Waals surface area contributed by atoms with Crippen molar-refractivity contribution in [3.8, 4) is 0 Å². The predicted octanol–water partition coefficient (Wildman–Crippen LogP) is 2.90. The summed E-state index contributed by atoms with van der Waals surface area (Å²) in [5, 5.41) is 0. The number of nitrogens with zero attached hydrogens (tertiary/aromatic N) is 1. The highest BCUT2D eigenvalue weighted by atomic mass is 35.6. The van der Waals surface area contributed by atoms with Gasteiger partial charge in [0.2, 0.25) is 3.79 Å². The summed E-state index contributed by atoms with van der Waals surface area (Å²) in [6, 6.07) is 0. The van der Waals surface area contributed by atoms with Gasteiger partial charge in [0.15, 0.2) is 0 Å². The fraction of sp³-hybridized carbons (Fsp3) is 0.857. The topological polar surface area (TPSA) is 38.4 Å². The summed E-state index contributed by atoms with van der Waals surface area (Å²) < 4.78 is -1.55. The molecule has 0 aromatic carbocycles. The summed E-state index contributed by atoms with van der Waals surface area (Å²) >= 11 is 16.4. The molecule has 0 saturated heterocycles. The van der Waals surface area contributed by atoms with Gasteiger partial charge >= 0.3 is 0 Å². The highest BCUT2D eigenvalue weighted by Crippen LogP contribution is 2.25. The van der Waals surface area contributed by atoms with Crippen LogP contribution in [0.5, 0.6) is 0 Å². The van der Waals surface area contributed by atoms with Crippen LogP contribution in [-0.4, -0.2) is 16.2 Å². The highest BCUT2D eigenvalue weighted by molar-refractivity contribution is 6.76. The van der Waals surface area contributed by atoms with Crippen molar-refractivity contribution in [2.75, 3.05) is 6.54 Å². The van der Waals surface area contributed by atoms with Gasteiger partial charge in [-0.25, -0.2) is 0 Å². The Morgan fingerprint density at radius 1 is 1.33 bits per heavy atom. The van der Waals surface area contributed by atoms with Crippen molar-refractivity contribution < 1.29 is 0 Å². The first-order valence-corrected chi connectivity index (χ1v) is 4.99. The van der Waals surface area contributed by atoms with Crippen LogP contribution in [-0.2, 0) is 0 Å². The first-order valence-electron chi connectivity index (χ1n) is 3.85. The molecule has 2 nitrogen and oxygen atoms in total. The minimum Gasteiger partial charge on any atom is -0.384 e. The molecule has 0 atom stereocenters. The van der Waals surface area contributed by atoms with Crippen LogP contribution in [0.15, 0.2) is 4.99 Å². The summed E-state index contributed by atoms with van der Waals surface area (Å²) in [6.45, 7) is 2.75. The Morgan fingerprint density at radius 3 is 2.33 bits per heavy atom. The first kappa shape index (κ1) is 12.3. The molecule has 0 fully saturated rings. The number of alkyl halides is 3. The van der Waals surface area contributed by atoms with E-state index in [0.29, 0.717) is 6.54 Å². The molecule has 12 heavy (non-hydrogen) atoms. The molecule has 0 amide bonds. The van der Waals surface area contributed by atoms with Crippen LogP contribution < -0.4 is 5.73 Å². The minimum absolute atomic E-state index is 0.0728. The zero-order valence-corrected chi connectivity index (χ0v) is 9.25. The van der Waals surface area contributed by atoms with Gasteiger partial charge in [0.1, 0.15) is 5.84 Å². The van der Waals surface area contributed by atoms with Gasteiger partial charge < -0.3 is 5.73 Å². The zero-order valence-electron chi connectivity index (χ0n) is 6.99. The van der Waals surface area contributed by atoms with Crippen molar-refractivity contribution in [3.63, 3.8) is 0 Å². The molecule has 0 unspecified atom stereocenters. The lowest BCUT2D eigenvalue weighted by Crippen LogP contribution is -2.28. The second-order valence-electron chi connectivity index (χ2n) is 2.47. The van der Waals surface area contributed by atoms with E-state index in [1.54, 1.807) is 0 Å². The fourth-order valence-electron chi connectivity index (χ4n) is 0.651. The average molecular weight is 232 g/mol. The molecule has 0 aliphatic carbocycles. The van der Waals surface area contributed by atoms with E-state index in [0.717, 1.165) is 19.3 Å². The molecule has 0 bridgehead atoms. The molecule has 0 saturated carbocycles. The largest absolute Gasteiger partial charge is 0.384 e. The highest BCUT2D eigenvalue weighted by Gasteiger charge is 2.24. The lowest BCUT2D eigenvalue weighted by molar-refractivity contribution is 0.727. The standard InChI is InChI=1S/C7H13Cl3N2/c1-2-3-4-5-12-6(11)7(8,9)10/h2-5H2,1H3,(H2,11,12). The van der Waals surface area contributed by atoms with Crippen LogP contribution in [0.1, 0.15) is 26.2 Å². The van der Waals surface area contributed by atoms with Crippen LogP contribution in [0.25, 0.3) is 0 Å². The molecular formula is C7H13Cl3N2. The van der Waals surface area contributed by atoms with E-state index in [1.807, 2.05) is 0 Å². The molecule has 2 N–H and O–H groups in total. The summed E-state index contributed by atoms with van der Waals surface area (Å²) in [5.74, 6) is 0.0728. The Hall–Kier alpha value is 0.340. The van der Waals surface area contributed by atoms with Gasteiger partial charge in [0.05, 0.1) is 0 Å². The molecule has 72 valence electrons. The first-order chi connectivity index (χ1) is 5.48. The molecule has 0 aliphatic heterocycles. The van der Waals surface area contributed by atoms with Crippen molar-refractivity contribution >= 4 is 40.6 Å². The van der Waals surface area contributed by atoms with E-state index in [9.17, 15) is 0 Å². The molecule has 0 aromatic heterocycles. The lowest BCUT2D eigenvalue weighted by Gasteiger charge is -2.09. The van der Waals surface area contributed by atoms with E-state index >= 15 is 0 Å². The second kappa shape index (κ2) is 5.90. The molecule has 0 rings (SSSR count). The maximum Gasteiger partial charge on any atom is 0.247 e. The van der Waals surface area contributed by atoms with Crippen LogP contribution in [0, 0.1) is 0 Å². The smallest absolute Gasteiger partial charge is 0.247 e. The van der Waals surface area contributed by atoms with E-state index in [2.05, 4.69) is 11.9 Å². The summed E-state index contributed by atoms with van der Waals surface area (Å²) in [7, 11) is 0. The van der Waals surface area contributed by atoms with Gasteiger partial charge in [0, 0.05) is 6.54 Å². The predicted molar refractivity (Wildman–Crippen MR) is 56.3 cm³/mol. The Kier molecular flexibility index (Phi) is 6.06. The number of nitrogens with two attached hydrogens (primary N) is 1. The third-order valence-electron chi connectivity index (χ3n) is 1.33. The normalized spacial score (nSPS) is 13.5. The van der Waals surface area contributed by atoms with Crippen molar-refractivity contribution in [2.24, 2.45) is 10.7 Å². The SMILES string of the molecule is CCCCCN=C(N)C(Cl)(Cl)Cl. The number of hydrogen-bond donors (Lipinski definition) is 1. The van der Waals surface area contributed by atoms with Gasteiger partial charge in [0.25, 0.3) is 0 Å². The summed E-state index contributed by atoms with van der Waals surface area (Å²) in [5.41, 5.74) is 5.39. The van der Waals surface area contributed by atoms with Crippen LogP contribution in [0.3, 0.4) is 0 Å².